The lowest BCUT2D eigenvalue weighted by molar-refractivity contribution is 0.0945. The van der Waals surface area contributed by atoms with Crippen LogP contribution in [0.4, 0.5) is 0 Å². The Morgan fingerprint density at radius 1 is 1.17 bits per heavy atom. The van der Waals surface area contributed by atoms with Gasteiger partial charge >= 0.3 is 0 Å². The van der Waals surface area contributed by atoms with Crippen LogP contribution in [-0.4, -0.2) is 41.5 Å². The van der Waals surface area contributed by atoms with Crippen molar-refractivity contribution in [1.82, 2.24) is 14.9 Å². The van der Waals surface area contributed by atoms with Crippen molar-refractivity contribution >= 4 is 17.7 Å². The third-order valence-corrected chi connectivity index (χ3v) is 5.86. The largest absolute Gasteiger partial charge is 0.486 e. The molecule has 3 aromatic rings. The van der Waals surface area contributed by atoms with E-state index in [9.17, 15) is 4.79 Å². The summed E-state index contributed by atoms with van der Waals surface area (Å²) in [5.41, 5.74) is 2.35. The van der Waals surface area contributed by atoms with Crippen LogP contribution in [0.2, 0.25) is 0 Å². The van der Waals surface area contributed by atoms with Gasteiger partial charge in [-0.15, -0.1) is 0 Å². The first-order valence-electron chi connectivity index (χ1n) is 9.84. The minimum atomic E-state index is -0.264. The van der Waals surface area contributed by atoms with Gasteiger partial charge in [-0.2, -0.15) is 0 Å². The molecule has 0 saturated carbocycles. The van der Waals surface area contributed by atoms with Crippen LogP contribution in [0.15, 0.2) is 60.0 Å². The number of aromatic nitrogens is 2. The lowest BCUT2D eigenvalue weighted by Gasteiger charge is -2.28. The van der Waals surface area contributed by atoms with Crippen molar-refractivity contribution < 1.29 is 14.3 Å². The third-order valence-electron chi connectivity index (χ3n) is 5.19. The average molecular weight is 424 g/mol. The summed E-state index contributed by atoms with van der Waals surface area (Å²) >= 11 is 1.56. The zero-order valence-electron chi connectivity index (χ0n) is 17.3. The quantitative estimate of drug-likeness (QED) is 0.606. The number of amides is 1. The molecule has 4 rings (SSSR count). The number of rotatable bonds is 6. The molecule has 6 nitrogen and oxygen atoms in total. The van der Waals surface area contributed by atoms with Crippen molar-refractivity contribution in [2.24, 2.45) is 0 Å². The van der Waals surface area contributed by atoms with E-state index in [0.717, 1.165) is 27.9 Å². The molecule has 1 aromatic heterocycles. The van der Waals surface area contributed by atoms with Crippen molar-refractivity contribution in [3.8, 4) is 17.2 Å². The topological polar surface area (TPSA) is 65.4 Å². The van der Waals surface area contributed by atoms with Crippen LogP contribution >= 0.6 is 11.8 Å². The van der Waals surface area contributed by atoms with E-state index < -0.39 is 0 Å². The summed E-state index contributed by atoms with van der Waals surface area (Å²) in [6.07, 6.45) is 5.64. The lowest BCUT2D eigenvalue weighted by atomic mass is 9.84. The van der Waals surface area contributed by atoms with Crippen molar-refractivity contribution in [2.75, 3.05) is 26.0 Å². The van der Waals surface area contributed by atoms with Crippen molar-refractivity contribution in [2.45, 2.75) is 24.4 Å². The van der Waals surface area contributed by atoms with Crippen LogP contribution in [-0.2, 0) is 5.41 Å². The fourth-order valence-electron chi connectivity index (χ4n) is 3.40. The summed E-state index contributed by atoms with van der Waals surface area (Å²) in [6, 6.07) is 13.5. The van der Waals surface area contributed by atoms with Gasteiger partial charge < -0.3 is 14.8 Å². The smallest absolute Gasteiger partial charge is 0.251 e. The Labute approximate surface area is 180 Å². The van der Waals surface area contributed by atoms with Crippen molar-refractivity contribution in [3.05, 3.63) is 66.0 Å². The molecule has 1 amide bonds. The van der Waals surface area contributed by atoms with Crippen molar-refractivity contribution in [1.29, 1.82) is 0 Å². The van der Waals surface area contributed by atoms with Gasteiger partial charge in [-0.05, 0) is 42.2 Å². The number of thioether (sulfide) groups is 1. The van der Waals surface area contributed by atoms with Crippen LogP contribution in [0, 0.1) is 0 Å². The number of carbonyl (C=O) groups is 1. The molecule has 2 aromatic carbocycles. The number of fused-ring (bicyclic) bond motifs is 1. The average Bonchev–Trinajstić information content (AvgIpc) is 3.26. The highest BCUT2D eigenvalue weighted by Crippen LogP contribution is 2.35. The van der Waals surface area contributed by atoms with Crippen LogP contribution < -0.4 is 14.8 Å². The molecule has 0 radical (unpaired) electrons. The highest BCUT2D eigenvalue weighted by molar-refractivity contribution is 7.98. The van der Waals surface area contributed by atoms with E-state index in [0.29, 0.717) is 25.3 Å². The fourth-order valence-corrected chi connectivity index (χ4v) is 3.93. The summed E-state index contributed by atoms with van der Waals surface area (Å²) in [4.78, 5) is 17.2. The second kappa shape index (κ2) is 8.44. The monoisotopic (exact) mass is 423 g/mol. The van der Waals surface area contributed by atoms with E-state index in [1.165, 1.54) is 0 Å². The van der Waals surface area contributed by atoms with Gasteiger partial charge in [0.25, 0.3) is 5.91 Å². The van der Waals surface area contributed by atoms with Crippen LogP contribution in [0.1, 0.15) is 29.8 Å². The molecule has 30 heavy (non-hydrogen) atoms. The maximum absolute atomic E-state index is 12.8. The number of nitrogens with one attached hydrogen (secondary N) is 1. The zero-order valence-corrected chi connectivity index (χ0v) is 18.2. The summed E-state index contributed by atoms with van der Waals surface area (Å²) in [7, 11) is 0. The standard InChI is InChI=1S/C23H25N3O3S/c1-23(2,17-7-8-19-20(14-17)29-12-11-28-19)15-25-21(27)16-5-4-6-18(13-16)26-10-9-24-22(26)30-3/h4-10,13-14H,11-12,15H2,1-3H3,(H,25,27). The summed E-state index contributed by atoms with van der Waals surface area (Å²) in [5, 5.41) is 3.96. The van der Waals surface area contributed by atoms with Crippen LogP contribution in [0.5, 0.6) is 11.5 Å². The fraction of sp³-hybridized carbons (Fsp3) is 0.304. The molecule has 0 unspecified atom stereocenters. The lowest BCUT2D eigenvalue weighted by Crippen LogP contribution is -2.36. The van der Waals surface area contributed by atoms with Gasteiger partial charge in [-0.1, -0.05) is 37.7 Å². The van der Waals surface area contributed by atoms with Crippen molar-refractivity contribution in [3.63, 3.8) is 0 Å². The minimum Gasteiger partial charge on any atom is -0.486 e. The Morgan fingerprint density at radius 3 is 2.77 bits per heavy atom. The van der Waals surface area contributed by atoms with Crippen LogP contribution in [0.3, 0.4) is 0 Å². The molecule has 1 aliphatic heterocycles. The van der Waals surface area contributed by atoms with Gasteiger partial charge in [0.05, 0.1) is 0 Å². The Bertz CT molecular complexity index is 1060. The molecule has 0 aliphatic carbocycles. The third kappa shape index (κ3) is 4.16. The zero-order chi connectivity index (χ0) is 21.1. The normalized spacial score (nSPS) is 13.2. The predicted molar refractivity (Wildman–Crippen MR) is 118 cm³/mol. The van der Waals surface area contributed by atoms with Gasteiger partial charge in [0.2, 0.25) is 0 Å². The van der Waals surface area contributed by atoms with Gasteiger partial charge in [0.15, 0.2) is 16.7 Å². The molecular weight excluding hydrogens is 398 g/mol. The maximum atomic E-state index is 12.8. The first-order chi connectivity index (χ1) is 14.5. The minimum absolute atomic E-state index is 0.103. The molecule has 1 aliphatic rings. The Morgan fingerprint density at radius 2 is 1.97 bits per heavy atom. The van der Waals surface area contributed by atoms with Gasteiger partial charge in [0, 0.05) is 35.6 Å². The first-order valence-corrected chi connectivity index (χ1v) is 11.1. The number of nitrogens with zero attached hydrogens (tertiary/aromatic N) is 2. The number of hydrogen-bond donors (Lipinski definition) is 1. The second-order valence-corrected chi connectivity index (χ2v) is 8.53. The number of imidazole rings is 1. The van der Waals surface area contributed by atoms with E-state index in [4.69, 9.17) is 9.47 Å². The highest BCUT2D eigenvalue weighted by Gasteiger charge is 2.24. The van der Waals surface area contributed by atoms with E-state index in [1.807, 2.05) is 59.5 Å². The molecule has 0 spiro atoms. The molecule has 0 atom stereocenters. The summed E-state index contributed by atoms with van der Waals surface area (Å²) in [5.74, 6) is 1.43. The molecule has 0 bridgehead atoms. The highest BCUT2D eigenvalue weighted by atomic mass is 32.2. The first kappa shape index (κ1) is 20.3. The number of carbonyl (C=O) groups excluding carboxylic acids is 1. The Kier molecular flexibility index (Phi) is 5.72. The molecule has 0 fully saturated rings. The van der Waals surface area contributed by atoms with Crippen LogP contribution in [0.25, 0.3) is 5.69 Å². The molecule has 2 heterocycles. The summed E-state index contributed by atoms with van der Waals surface area (Å²) < 4.78 is 13.3. The second-order valence-electron chi connectivity index (χ2n) is 7.76. The van der Waals surface area contributed by atoms with E-state index in [-0.39, 0.29) is 11.3 Å². The Balaban J connectivity index is 1.47. The van der Waals surface area contributed by atoms with E-state index >= 15 is 0 Å². The van der Waals surface area contributed by atoms with E-state index in [2.05, 4.69) is 24.1 Å². The van der Waals surface area contributed by atoms with Gasteiger partial charge in [-0.25, -0.2) is 4.98 Å². The summed E-state index contributed by atoms with van der Waals surface area (Å²) in [6.45, 7) is 5.83. The molecule has 7 heteroatoms. The maximum Gasteiger partial charge on any atom is 0.251 e. The predicted octanol–water partition coefficient (Wildman–Crippen LogP) is 4.07. The Hall–Kier alpha value is -2.93. The molecule has 0 saturated heterocycles. The molecular formula is C23H25N3O3S. The SMILES string of the molecule is CSc1nccn1-c1cccc(C(=O)NCC(C)(C)c2ccc3c(c2)OCCO3)c1. The van der Waals surface area contributed by atoms with E-state index in [1.54, 1.807) is 18.0 Å². The number of ether oxygens (including phenoxy) is 2. The number of hydrogen-bond acceptors (Lipinski definition) is 5. The number of benzene rings is 2. The molecule has 1 N–H and O–H groups in total. The molecule has 156 valence electrons. The van der Waals surface area contributed by atoms with Gasteiger partial charge in [-0.3, -0.25) is 9.36 Å². The van der Waals surface area contributed by atoms with Gasteiger partial charge in [0.1, 0.15) is 13.2 Å².